The number of nitro groups is 1. The number of halogens is 2. The summed E-state index contributed by atoms with van der Waals surface area (Å²) >= 11 is 11.7. The van der Waals surface area contributed by atoms with Gasteiger partial charge in [-0.25, -0.2) is 0 Å². The van der Waals surface area contributed by atoms with Gasteiger partial charge >= 0.3 is 0 Å². The van der Waals surface area contributed by atoms with Crippen LogP contribution in [0, 0.1) is 10.1 Å². The highest BCUT2D eigenvalue weighted by Crippen LogP contribution is 2.34. The molecule has 5 nitrogen and oxygen atoms in total. The number of anilines is 1. The maximum absolute atomic E-state index is 11.0. The first-order valence-electron chi connectivity index (χ1n) is 6.17. The predicted molar refractivity (Wildman–Crippen MR) is 85.0 cm³/mol. The van der Waals surface area contributed by atoms with E-state index in [2.05, 4.69) is 5.32 Å². The number of hydrogen-bond acceptors (Lipinski definition) is 4. The average Bonchev–Trinajstić information content (AvgIpc) is 2.48. The fraction of sp³-hybridized carbons (Fsp3) is 0.143. The molecule has 2 rings (SSSR count). The summed E-state index contributed by atoms with van der Waals surface area (Å²) in [5.41, 5.74) is 7.14. The Bertz CT molecular complexity index is 650. The number of hydrogen-bond donors (Lipinski definition) is 2. The van der Waals surface area contributed by atoms with Gasteiger partial charge in [0.05, 0.1) is 15.0 Å². The van der Waals surface area contributed by atoms with E-state index in [-0.39, 0.29) is 21.8 Å². The first-order valence-corrected chi connectivity index (χ1v) is 6.92. The second kappa shape index (κ2) is 6.76. The van der Waals surface area contributed by atoms with E-state index in [9.17, 15) is 10.1 Å². The number of nitrogens with two attached hydrogens (primary N) is 1. The molecule has 0 saturated carbocycles. The average molecular weight is 326 g/mol. The van der Waals surface area contributed by atoms with E-state index >= 15 is 0 Å². The van der Waals surface area contributed by atoms with Gasteiger partial charge in [0.1, 0.15) is 5.69 Å². The molecule has 0 aliphatic carbocycles. The molecule has 3 N–H and O–H groups in total. The molecule has 110 valence electrons. The fourth-order valence-electron chi connectivity index (χ4n) is 1.87. The number of nitrogens with one attached hydrogen (secondary N) is 1. The predicted octanol–water partition coefficient (Wildman–Crippen LogP) is 4.01. The van der Waals surface area contributed by atoms with Crippen molar-refractivity contribution in [2.45, 2.75) is 6.04 Å². The third-order valence-electron chi connectivity index (χ3n) is 2.98. The Kier molecular flexibility index (Phi) is 5.01. The zero-order valence-corrected chi connectivity index (χ0v) is 12.4. The Labute approximate surface area is 131 Å². The Morgan fingerprint density at radius 3 is 2.43 bits per heavy atom. The molecule has 0 fully saturated rings. The Balaban J connectivity index is 2.16. The third-order valence-corrected chi connectivity index (χ3v) is 3.70. The summed E-state index contributed by atoms with van der Waals surface area (Å²) in [6, 6.07) is 11.8. The van der Waals surface area contributed by atoms with Crippen LogP contribution >= 0.6 is 23.2 Å². The van der Waals surface area contributed by atoms with Gasteiger partial charge in [0.25, 0.3) is 5.69 Å². The van der Waals surface area contributed by atoms with Crippen LogP contribution in [0.25, 0.3) is 0 Å². The lowest BCUT2D eigenvalue weighted by atomic mass is 10.1. The van der Waals surface area contributed by atoms with Gasteiger partial charge in [0.15, 0.2) is 0 Å². The van der Waals surface area contributed by atoms with Crippen molar-refractivity contribution in [1.82, 2.24) is 0 Å². The minimum Gasteiger partial charge on any atom is -0.378 e. The Hall–Kier alpha value is -1.82. The molecule has 1 atom stereocenters. The summed E-state index contributed by atoms with van der Waals surface area (Å²) < 4.78 is 0. The minimum absolute atomic E-state index is 0.135. The highest BCUT2D eigenvalue weighted by Gasteiger charge is 2.17. The number of rotatable bonds is 5. The topological polar surface area (TPSA) is 81.2 Å². The second-order valence-corrected chi connectivity index (χ2v) is 5.25. The SMILES string of the molecule is NC(CNc1cc(Cl)c(Cl)cc1[N+](=O)[O-])c1ccccc1. The van der Waals surface area contributed by atoms with E-state index < -0.39 is 4.92 Å². The third kappa shape index (κ3) is 3.85. The molecule has 2 aromatic carbocycles. The van der Waals surface area contributed by atoms with Crippen molar-refractivity contribution in [2.75, 3.05) is 11.9 Å². The minimum atomic E-state index is -0.515. The zero-order chi connectivity index (χ0) is 15.4. The maximum Gasteiger partial charge on any atom is 0.293 e. The van der Waals surface area contributed by atoms with Gasteiger partial charge in [-0.3, -0.25) is 10.1 Å². The van der Waals surface area contributed by atoms with Crippen molar-refractivity contribution in [1.29, 1.82) is 0 Å². The summed E-state index contributed by atoms with van der Waals surface area (Å²) in [5.74, 6) is 0. The first kappa shape index (κ1) is 15.6. The molecular formula is C14H13Cl2N3O2. The highest BCUT2D eigenvalue weighted by atomic mass is 35.5. The molecule has 0 spiro atoms. The van der Waals surface area contributed by atoms with Crippen LogP contribution in [0.15, 0.2) is 42.5 Å². The van der Waals surface area contributed by atoms with Gasteiger partial charge in [-0.2, -0.15) is 0 Å². The van der Waals surface area contributed by atoms with Gasteiger partial charge in [-0.1, -0.05) is 53.5 Å². The summed E-state index contributed by atoms with van der Waals surface area (Å²) in [6.45, 7) is 0.336. The van der Waals surface area contributed by atoms with Crippen LogP contribution < -0.4 is 11.1 Å². The monoisotopic (exact) mass is 325 g/mol. The molecule has 0 heterocycles. The lowest BCUT2D eigenvalue weighted by Crippen LogP contribution is -2.20. The lowest BCUT2D eigenvalue weighted by Gasteiger charge is -2.14. The number of nitro benzene ring substituents is 1. The lowest BCUT2D eigenvalue weighted by molar-refractivity contribution is -0.383. The van der Waals surface area contributed by atoms with Crippen molar-refractivity contribution in [2.24, 2.45) is 5.73 Å². The smallest absolute Gasteiger partial charge is 0.293 e. The van der Waals surface area contributed by atoms with E-state index in [1.54, 1.807) is 0 Å². The molecule has 21 heavy (non-hydrogen) atoms. The largest absolute Gasteiger partial charge is 0.378 e. The number of nitrogens with zero attached hydrogens (tertiary/aromatic N) is 1. The van der Waals surface area contributed by atoms with Crippen molar-refractivity contribution in [3.8, 4) is 0 Å². The zero-order valence-electron chi connectivity index (χ0n) is 10.9. The van der Waals surface area contributed by atoms with E-state index in [0.29, 0.717) is 12.2 Å². The molecule has 0 amide bonds. The van der Waals surface area contributed by atoms with E-state index in [1.165, 1.54) is 12.1 Å². The molecular weight excluding hydrogens is 313 g/mol. The van der Waals surface area contributed by atoms with Gasteiger partial charge in [0.2, 0.25) is 0 Å². The van der Waals surface area contributed by atoms with Crippen LogP contribution in [0.2, 0.25) is 10.0 Å². The summed E-state index contributed by atoms with van der Waals surface area (Å²) in [5, 5.41) is 14.4. The van der Waals surface area contributed by atoms with Crippen LogP contribution in [-0.4, -0.2) is 11.5 Å². The second-order valence-electron chi connectivity index (χ2n) is 4.44. The van der Waals surface area contributed by atoms with Crippen LogP contribution in [0.4, 0.5) is 11.4 Å². The maximum atomic E-state index is 11.0. The Morgan fingerprint density at radius 2 is 1.81 bits per heavy atom. The molecule has 7 heteroatoms. The van der Waals surface area contributed by atoms with Crippen LogP contribution in [0.3, 0.4) is 0 Å². The molecule has 0 aromatic heterocycles. The summed E-state index contributed by atoms with van der Waals surface area (Å²) in [7, 11) is 0. The van der Waals surface area contributed by atoms with Crippen molar-refractivity contribution in [3.05, 3.63) is 68.2 Å². The normalized spacial score (nSPS) is 12.0. The fourth-order valence-corrected chi connectivity index (χ4v) is 2.19. The molecule has 0 aliphatic rings. The highest BCUT2D eigenvalue weighted by molar-refractivity contribution is 6.42. The van der Waals surface area contributed by atoms with Gasteiger partial charge in [-0.15, -0.1) is 0 Å². The summed E-state index contributed by atoms with van der Waals surface area (Å²) in [4.78, 5) is 10.5. The molecule has 0 bridgehead atoms. The molecule has 0 saturated heterocycles. The first-order chi connectivity index (χ1) is 9.99. The van der Waals surface area contributed by atoms with Crippen LogP contribution in [-0.2, 0) is 0 Å². The van der Waals surface area contributed by atoms with Crippen LogP contribution in [0.5, 0.6) is 0 Å². The number of benzene rings is 2. The molecule has 0 aliphatic heterocycles. The van der Waals surface area contributed by atoms with E-state index in [4.69, 9.17) is 28.9 Å². The molecule has 1 unspecified atom stereocenters. The van der Waals surface area contributed by atoms with Gasteiger partial charge in [-0.05, 0) is 11.6 Å². The molecule has 0 radical (unpaired) electrons. The summed E-state index contributed by atoms with van der Waals surface area (Å²) in [6.07, 6.45) is 0. The van der Waals surface area contributed by atoms with Crippen molar-refractivity contribution < 1.29 is 4.92 Å². The standard InChI is InChI=1S/C14H13Cl2N3O2/c15-10-6-13(14(19(20)21)7-11(10)16)18-8-12(17)9-4-2-1-3-5-9/h1-7,12,18H,8,17H2. The van der Waals surface area contributed by atoms with Crippen LogP contribution in [0.1, 0.15) is 11.6 Å². The van der Waals surface area contributed by atoms with Gasteiger partial charge in [0, 0.05) is 18.7 Å². The van der Waals surface area contributed by atoms with E-state index in [0.717, 1.165) is 5.56 Å². The van der Waals surface area contributed by atoms with E-state index in [1.807, 2.05) is 30.3 Å². The quantitative estimate of drug-likeness (QED) is 0.642. The Morgan fingerprint density at radius 1 is 1.19 bits per heavy atom. The van der Waals surface area contributed by atoms with Crippen molar-refractivity contribution >= 4 is 34.6 Å². The molecule has 2 aromatic rings. The van der Waals surface area contributed by atoms with Gasteiger partial charge < -0.3 is 11.1 Å². The van der Waals surface area contributed by atoms with Crippen molar-refractivity contribution in [3.63, 3.8) is 0 Å².